The summed E-state index contributed by atoms with van der Waals surface area (Å²) in [5, 5.41) is 0. The van der Waals surface area contributed by atoms with Crippen molar-refractivity contribution < 1.29 is 14.3 Å². The van der Waals surface area contributed by atoms with Crippen LogP contribution in [0.2, 0.25) is 0 Å². The van der Waals surface area contributed by atoms with Crippen LogP contribution in [0.3, 0.4) is 0 Å². The van der Waals surface area contributed by atoms with Crippen LogP contribution in [0.4, 0.5) is 0 Å². The van der Waals surface area contributed by atoms with Crippen LogP contribution in [0.15, 0.2) is 24.3 Å². The van der Waals surface area contributed by atoms with Gasteiger partial charge in [-0.2, -0.15) is 0 Å². The molecule has 0 aliphatic heterocycles. The minimum absolute atomic E-state index is 0.137. The van der Waals surface area contributed by atoms with Gasteiger partial charge in [0.15, 0.2) is 6.61 Å². The highest BCUT2D eigenvalue weighted by atomic mass is 16.5. The zero-order valence-corrected chi connectivity index (χ0v) is 10.8. The molecule has 0 radical (unpaired) electrons. The van der Waals surface area contributed by atoms with Gasteiger partial charge in [-0.3, -0.25) is 20.4 Å². The zero-order chi connectivity index (χ0) is 13.5. The van der Waals surface area contributed by atoms with Crippen molar-refractivity contribution >= 4 is 11.8 Å². The molecule has 0 saturated carbocycles. The standard InChI is InChI=1S/C13H18N2O3/c1-9(2)13(17)15-14-12(16)8-18-11-6-4-5-10(3)7-11/h4-7,9H,8H2,1-3H3,(H,14,16)(H,15,17). The van der Waals surface area contributed by atoms with Crippen LogP contribution >= 0.6 is 0 Å². The fourth-order valence-corrected chi connectivity index (χ4v) is 1.17. The highest BCUT2D eigenvalue weighted by Gasteiger charge is 2.08. The third-order valence-electron chi connectivity index (χ3n) is 2.21. The molecule has 2 N–H and O–H groups in total. The summed E-state index contributed by atoms with van der Waals surface area (Å²) in [6.45, 7) is 5.28. The van der Waals surface area contributed by atoms with Crippen LogP contribution in [0, 0.1) is 12.8 Å². The van der Waals surface area contributed by atoms with Gasteiger partial charge in [-0.05, 0) is 24.6 Å². The Kier molecular flexibility index (Phi) is 5.17. The Hall–Kier alpha value is -2.04. The van der Waals surface area contributed by atoms with E-state index >= 15 is 0 Å². The molecule has 1 rings (SSSR count). The van der Waals surface area contributed by atoms with Crippen LogP contribution in [0.5, 0.6) is 5.75 Å². The van der Waals surface area contributed by atoms with Gasteiger partial charge >= 0.3 is 0 Å². The molecule has 0 atom stereocenters. The molecule has 0 heterocycles. The zero-order valence-electron chi connectivity index (χ0n) is 10.8. The topological polar surface area (TPSA) is 67.4 Å². The molecular formula is C13H18N2O3. The van der Waals surface area contributed by atoms with Crippen molar-refractivity contribution in [2.24, 2.45) is 5.92 Å². The van der Waals surface area contributed by atoms with Gasteiger partial charge in [-0.1, -0.05) is 26.0 Å². The molecule has 5 heteroatoms. The third-order valence-corrected chi connectivity index (χ3v) is 2.21. The molecule has 0 saturated heterocycles. The van der Waals surface area contributed by atoms with E-state index in [4.69, 9.17) is 4.74 Å². The minimum Gasteiger partial charge on any atom is -0.484 e. The maximum Gasteiger partial charge on any atom is 0.276 e. The van der Waals surface area contributed by atoms with Crippen LogP contribution in [0.25, 0.3) is 0 Å². The number of hydrazine groups is 1. The van der Waals surface area contributed by atoms with E-state index in [-0.39, 0.29) is 18.4 Å². The van der Waals surface area contributed by atoms with Crippen molar-refractivity contribution in [2.75, 3.05) is 6.61 Å². The lowest BCUT2D eigenvalue weighted by Gasteiger charge is -2.10. The lowest BCUT2D eigenvalue weighted by molar-refractivity contribution is -0.131. The fourth-order valence-electron chi connectivity index (χ4n) is 1.17. The van der Waals surface area contributed by atoms with Gasteiger partial charge in [0, 0.05) is 5.92 Å². The number of ether oxygens (including phenoxy) is 1. The number of hydrogen-bond acceptors (Lipinski definition) is 3. The molecule has 0 bridgehead atoms. The van der Waals surface area contributed by atoms with Gasteiger partial charge in [-0.25, -0.2) is 0 Å². The first-order valence-corrected chi connectivity index (χ1v) is 5.77. The maximum atomic E-state index is 11.4. The summed E-state index contributed by atoms with van der Waals surface area (Å²) < 4.78 is 5.28. The average molecular weight is 250 g/mol. The number of hydrogen-bond donors (Lipinski definition) is 2. The van der Waals surface area contributed by atoms with E-state index in [9.17, 15) is 9.59 Å². The Balaban J connectivity index is 2.31. The predicted molar refractivity (Wildman–Crippen MR) is 67.8 cm³/mol. The van der Waals surface area contributed by atoms with E-state index in [1.165, 1.54) is 0 Å². The number of amides is 2. The Morgan fingerprint density at radius 3 is 2.61 bits per heavy atom. The first-order valence-electron chi connectivity index (χ1n) is 5.77. The molecule has 0 spiro atoms. The summed E-state index contributed by atoms with van der Waals surface area (Å²) in [5.74, 6) is -0.187. The Morgan fingerprint density at radius 2 is 2.00 bits per heavy atom. The van der Waals surface area contributed by atoms with E-state index in [0.29, 0.717) is 5.75 Å². The second kappa shape index (κ2) is 6.64. The largest absolute Gasteiger partial charge is 0.484 e. The monoisotopic (exact) mass is 250 g/mol. The first kappa shape index (κ1) is 14.0. The van der Waals surface area contributed by atoms with Crippen molar-refractivity contribution in [3.8, 4) is 5.75 Å². The summed E-state index contributed by atoms with van der Waals surface area (Å²) in [5.41, 5.74) is 5.65. The van der Waals surface area contributed by atoms with E-state index in [2.05, 4.69) is 10.9 Å². The highest BCUT2D eigenvalue weighted by molar-refractivity contribution is 5.83. The van der Waals surface area contributed by atoms with Crippen molar-refractivity contribution in [1.29, 1.82) is 0 Å². The Bertz CT molecular complexity index is 430. The van der Waals surface area contributed by atoms with Gasteiger partial charge < -0.3 is 4.74 Å². The molecule has 1 aromatic rings. The summed E-state index contributed by atoms with van der Waals surface area (Å²) in [6.07, 6.45) is 0. The van der Waals surface area contributed by atoms with Gasteiger partial charge in [0.1, 0.15) is 5.75 Å². The number of benzene rings is 1. The number of nitrogens with one attached hydrogen (secondary N) is 2. The second-order valence-electron chi connectivity index (χ2n) is 4.30. The van der Waals surface area contributed by atoms with Crippen molar-refractivity contribution in [2.45, 2.75) is 20.8 Å². The van der Waals surface area contributed by atoms with Gasteiger partial charge in [0.2, 0.25) is 5.91 Å². The van der Waals surface area contributed by atoms with E-state index in [1.807, 2.05) is 25.1 Å². The Labute approximate surface area is 106 Å². The third kappa shape index (κ3) is 4.86. The van der Waals surface area contributed by atoms with Crippen LogP contribution < -0.4 is 15.6 Å². The molecule has 0 fully saturated rings. The molecule has 2 amide bonds. The van der Waals surface area contributed by atoms with E-state index in [0.717, 1.165) is 5.56 Å². The van der Waals surface area contributed by atoms with Gasteiger partial charge in [0.05, 0.1) is 0 Å². The number of rotatable bonds is 4. The molecule has 18 heavy (non-hydrogen) atoms. The summed E-state index contributed by atoms with van der Waals surface area (Å²) in [6, 6.07) is 7.39. The smallest absolute Gasteiger partial charge is 0.276 e. The van der Waals surface area contributed by atoms with Crippen LogP contribution in [-0.4, -0.2) is 18.4 Å². The highest BCUT2D eigenvalue weighted by Crippen LogP contribution is 2.11. The molecule has 0 aliphatic rings. The number of aryl methyl sites for hydroxylation is 1. The lowest BCUT2D eigenvalue weighted by atomic mass is 10.2. The molecular weight excluding hydrogens is 232 g/mol. The summed E-state index contributed by atoms with van der Waals surface area (Å²) >= 11 is 0. The summed E-state index contributed by atoms with van der Waals surface area (Å²) in [4.78, 5) is 22.6. The first-order chi connectivity index (χ1) is 8.49. The average Bonchev–Trinajstić information content (AvgIpc) is 2.33. The quantitative estimate of drug-likeness (QED) is 0.788. The van der Waals surface area contributed by atoms with Crippen molar-refractivity contribution in [1.82, 2.24) is 10.9 Å². The van der Waals surface area contributed by atoms with E-state index < -0.39 is 5.91 Å². The summed E-state index contributed by atoms with van der Waals surface area (Å²) in [7, 11) is 0. The molecule has 0 aromatic heterocycles. The molecule has 0 unspecified atom stereocenters. The minimum atomic E-state index is -0.398. The molecule has 98 valence electrons. The second-order valence-corrected chi connectivity index (χ2v) is 4.30. The Morgan fingerprint density at radius 1 is 1.28 bits per heavy atom. The van der Waals surface area contributed by atoms with Crippen molar-refractivity contribution in [3.05, 3.63) is 29.8 Å². The lowest BCUT2D eigenvalue weighted by Crippen LogP contribution is -2.45. The van der Waals surface area contributed by atoms with Crippen molar-refractivity contribution in [3.63, 3.8) is 0 Å². The van der Waals surface area contributed by atoms with Gasteiger partial charge in [0.25, 0.3) is 5.91 Å². The normalized spacial score (nSPS) is 10.0. The maximum absolute atomic E-state index is 11.4. The fraction of sp³-hybridized carbons (Fsp3) is 0.385. The molecule has 0 aliphatic carbocycles. The van der Waals surface area contributed by atoms with Gasteiger partial charge in [-0.15, -0.1) is 0 Å². The molecule has 5 nitrogen and oxygen atoms in total. The van der Waals surface area contributed by atoms with Crippen LogP contribution in [-0.2, 0) is 9.59 Å². The van der Waals surface area contributed by atoms with E-state index in [1.54, 1.807) is 19.9 Å². The number of carbonyl (C=O) groups is 2. The SMILES string of the molecule is Cc1cccc(OCC(=O)NNC(=O)C(C)C)c1. The number of carbonyl (C=O) groups excluding carboxylic acids is 2. The predicted octanol–water partition coefficient (Wildman–Crippen LogP) is 1.18. The molecule has 1 aromatic carbocycles. The van der Waals surface area contributed by atoms with Crippen LogP contribution in [0.1, 0.15) is 19.4 Å².